The van der Waals surface area contributed by atoms with Crippen LogP contribution in [0.2, 0.25) is 0 Å². The van der Waals surface area contributed by atoms with Gasteiger partial charge in [-0.2, -0.15) is 0 Å². The molecule has 0 aromatic heterocycles. The van der Waals surface area contributed by atoms with Gasteiger partial charge in [0.25, 0.3) is 0 Å². The number of hydrogen-bond donors (Lipinski definition) is 1. The third-order valence-electron chi connectivity index (χ3n) is 4.96. The Kier molecular flexibility index (Phi) is 5.30. The van der Waals surface area contributed by atoms with E-state index in [0.717, 1.165) is 24.7 Å². The SMILES string of the molecule is CCCCC(O)CC1CCCC(C)C1(C)C. The summed E-state index contributed by atoms with van der Waals surface area (Å²) >= 11 is 0. The molecule has 1 aliphatic carbocycles. The second kappa shape index (κ2) is 6.05. The minimum atomic E-state index is -0.0606. The monoisotopic (exact) mass is 226 g/mol. The zero-order valence-electron chi connectivity index (χ0n) is 11.6. The molecule has 0 heterocycles. The fraction of sp³-hybridized carbons (Fsp3) is 1.00. The van der Waals surface area contributed by atoms with Crippen LogP contribution >= 0.6 is 0 Å². The molecule has 1 N–H and O–H groups in total. The molecule has 1 aliphatic rings. The topological polar surface area (TPSA) is 20.2 Å². The molecule has 3 unspecified atom stereocenters. The molecule has 1 nitrogen and oxygen atoms in total. The maximum absolute atomic E-state index is 10.1. The van der Waals surface area contributed by atoms with Crippen molar-refractivity contribution in [2.75, 3.05) is 0 Å². The van der Waals surface area contributed by atoms with Crippen LogP contribution in [0.25, 0.3) is 0 Å². The van der Waals surface area contributed by atoms with Crippen molar-refractivity contribution < 1.29 is 5.11 Å². The molecule has 0 bridgehead atoms. The maximum atomic E-state index is 10.1. The van der Waals surface area contributed by atoms with Gasteiger partial charge in [0.2, 0.25) is 0 Å². The Bertz CT molecular complexity index is 198. The van der Waals surface area contributed by atoms with Crippen LogP contribution in [0.3, 0.4) is 0 Å². The van der Waals surface area contributed by atoms with Crippen LogP contribution in [0.15, 0.2) is 0 Å². The van der Waals surface area contributed by atoms with Crippen molar-refractivity contribution in [3.63, 3.8) is 0 Å². The quantitative estimate of drug-likeness (QED) is 0.737. The molecule has 0 aliphatic heterocycles. The van der Waals surface area contributed by atoms with Crippen LogP contribution in [0.1, 0.15) is 72.6 Å². The summed E-state index contributed by atoms with van der Waals surface area (Å²) in [6.07, 6.45) is 8.37. The molecule has 1 saturated carbocycles. The Morgan fingerprint density at radius 2 is 2.00 bits per heavy atom. The zero-order valence-corrected chi connectivity index (χ0v) is 11.6. The summed E-state index contributed by atoms with van der Waals surface area (Å²) in [4.78, 5) is 0. The van der Waals surface area contributed by atoms with E-state index in [4.69, 9.17) is 0 Å². The number of rotatable bonds is 5. The van der Waals surface area contributed by atoms with E-state index in [1.165, 1.54) is 32.1 Å². The average Bonchev–Trinajstić information content (AvgIpc) is 2.22. The predicted octanol–water partition coefficient (Wildman–Crippen LogP) is 4.39. The highest BCUT2D eigenvalue weighted by Gasteiger charge is 2.38. The maximum Gasteiger partial charge on any atom is 0.0543 e. The second-order valence-electron chi connectivity index (χ2n) is 6.38. The molecule has 0 radical (unpaired) electrons. The van der Waals surface area contributed by atoms with Gasteiger partial charge in [0.05, 0.1) is 6.10 Å². The van der Waals surface area contributed by atoms with E-state index in [0.29, 0.717) is 5.41 Å². The van der Waals surface area contributed by atoms with Crippen molar-refractivity contribution >= 4 is 0 Å². The molecule has 0 spiro atoms. The third kappa shape index (κ3) is 3.48. The first-order chi connectivity index (χ1) is 7.48. The van der Waals surface area contributed by atoms with Gasteiger partial charge in [-0.15, -0.1) is 0 Å². The lowest BCUT2D eigenvalue weighted by Crippen LogP contribution is -2.36. The predicted molar refractivity (Wildman–Crippen MR) is 70.4 cm³/mol. The summed E-state index contributed by atoms with van der Waals surface area (Å²) in [7, 11) is 0. The Morgan fingerprint density at radius 3 is 2.62 bits per heavy atom. The molecular weight excluding hydrogens is 196 g/mol. The molecule has 0 aromatic carbocycles. The van der Waals surface area contributed by atoms with Crippen LogP contribution in [0.5, 0.6) is 0 Å². The Morgan fingerprint density at radius 1 is 1.31 bits per heavy atom. The number of aliphatic hydroxyl groups is 1. The molecule has 16 heavy (non-hydrogen) atoms. The standard InChI is InChI=1S/C15H30O/c1-5-6-10-14(16)11-13-9-7-8-12(2)15(13,3)4/h12-14,16H,5-11H2,1-4H3. The summed E-state index contributed by atoms with van der Waals surface area (Å²) in [6.45, 7) is 9.37. The first-order valence-electron chi connectivity index (χ1n) is 7.16. The first-order valence-corrected chi connectivity index (χ1v) is 7.16. The van der Waals surface area contributed by atoms with Crippen molar-refractivity contribution in [3.8, 4) is 0 Å². The van der Waals surface area contributed by atoms with Crippen molar-refractivity contribution in [2.24, 2.45) is 17.3 Å². The Balaban J connectivity index is 2.45. The van der Waals surface area contributed by atoms with E-state index in [1.807, 2.05) is 0 Å². The minimum absolute atomic E-state index is 0.0606. The highest BCUT2D eigenvalue weighted by molar-refractivity contribution is 4.88. The van der Waals surface area contributed by atoms with Crippen LogP contribution in [0.4, 0.5) is 0 Å². The van der Waals surface area contributed by atoms with E-state index in [9.17, 15) is 5.11 Å². The third-order valence-corrected chi connectivity index (χ3v) is 4.96. The molecule has 1 heteroatoms. The van der Waals surface area contributed by atoms with E-state index >= 15 is 0 Å². The highest BCUT2D eigenvalue weighted by Crippen LogP contribution is 2.46. The van der Waals surface area contributed by atoms with Crippen LogP contribution < -0.4 is 0 Å². The number of aliphatic hydroxyl groups excluding tert-OH is 1. The van der Waals surface area contributed by atoms with Gasteiger partial charge >= 0.3 is 0 Å². The van der Waals surface area contributed by atoms with E-state index in [2.05, 4.69) is 27.7 Å². The van der Waals surface area contributed by atoms with Gasteiger partial charge < -0.3 is 5.11 Å². The largest absolute Gasteiger partial charge is 0.393 e. The van der Waals surface area contributed by atoms with Crippen LogP contribution in [-0.4, -0.2) is 11.2 Å². The lowest BCUT2D eigenvalue weighted by Gasteiger charge is -2.44. The lowest BCUT2D eigenvalue weighted by molar-refractivity contribution is 0.0241. The van der Waals surface area contributed by atoms with E-state index in [1.54, 1.807) is 0 Å². The molecular formula is C15H30O. The van der Waals surface area contributed by atoms with Gasteiger partial charge in [-0.3, -0.25) is 0 Å². The minimum Gasteiger partial charge on any atom is -0.393 e. The summed E-state index contributed by atoms with van der Waals surface area (Å²) < 4.78 is 0. The highest BCUT2D eigenvalue weighted by atomic mass is 16.3. The van der Waals surface area contributed by atoms with Gasteiger partial charge in [0, 0.05) is 0 Å². The number of hydrogen-bond acceptors (Lipinski definition) is 1. The smallest absolute Gasteiger partial charge is 0.0543 e. The van der Waals surface area contributed by atoms with Gasteiger partial charge in [-0.25, -0.2) is 0 Å². The van der Waals surface area contributed by atoms with Crippen LogP contribution in [-0.2, 0) is 0 Å². The summed E-state index contributed by atoms with van der Waals surface area (Å²) in [5.74, 6) is 1.53. The van der Waals surface area contributed by atoms with Crippen molar-refractivity contribution in [1.29, 1.82) is 0 Å². The summed E-state index contributed by atoms with van der Waals surface area (Å²) in [5.41, 5.74) is 0.422. The van der Waals surface area contributed by atoms with Crippen molar-refractivity contribution in [3.05, 3.63) is 0 Å². The average molecular weight is 226 g/mol. The lowest BCUT2D eigenvalue weighted by atomic mass is 9.61. The normalized spacial score (nSPS) is 31.3. The van der Waals surface area contributed by atoms with Gasteiger partial charge in [0.15, 0.2) is 0 Å². The molecule has 1 rings (SSSR count). The summed E-state index contributed by atoms with van der Waals surface area (Å²) in [5, 5.41) is 10.1. The molecule has 96 valence electrons. The molecule has 1 fully saturated rings. The fourth-order valence-electron chi connectivity index (χ4n) is 3.12. The molecule has 0 aromatic rings. The Hall–Kier alpha value is -0.0400. The van der Waals surface area contributed by atoms with Gasteiger partial charge in [-0.1, -0.05) is 53.4 Å². The molecule has 0 saturated heterocycles. The number of unbranched alkanes of at least 4 members (excludes halogenated alkanes) is 1. The zero-order chi connectivity index (χ0) is 12.2. The fourth-order valence-corrected chi connectivity index (χ4v) is 3.12. The van der Waals surface area contributed by atoms with Gasteiger partial charge in [-0.05, 0) is 36.5 Å². The van der Waals surface area contributed by atoms with Gasteiger partial charge in [0.1, 0.15) is 0 Å². The van der Waals surface area contributed by atoms with Crippen molar-refractivity contribution in [1.82, 2.24) is 0 Å². The van der Waals surface area contributed by atoms with Crippen LogP contribution in [0, 0.1) is 17.3 Å². The van der Waals surface area contributed by atoms with E-state index < -0.39 is 0 Å². The van der Waals surface area contributed by atoms with E-state index in [-0.39, 0.29) is 6.10 Å². The summed E-state index contributed by atoms with van der Waals surface area (Å²) in [6, 6.07) is 0. The first kappa shape index (κ1) is 14.0. The second-order valence-corrected chi connectivity index (χ2v) is 6.38. The molecule has 0 amide bonds. The molecule has 3 atom stereocenters. The Labute approximate surface area is 102 Å². The van der Waals surface area contributed by atoms with Crippen molar-refractivity contribution in [2.45, 2.75) is 78.7 Å².